The number of nitrogens with one attached hydrogen (secondary N) is 2. The van der Waals surface area contributed by atoms with Crippen LogP contribution in [0.15, 0.2) is 30.6 Å². The summed E-state index contributed by atoms with van der Waals surface area (Å²) in [5, 5.41) is 7.72. The molecule has 1 saturated carbocycles. The molecule has 180 valence electrons. The Morgan fingerprint density at radius 3 is 2.62 bits per heavy atom. The fourth-order valence-corrected chi connectivity index (χ4v) is 6.61. The van der Waals surface area contributed by atoms with Gasteiger partial charge in [0.15, 0.2) is 0 Å². The maximum absolute atomic E-state index is 13.0. The molecule has 7 nitrogen and oxygen atoms in total. The topological polar surface area (TPSA) is 73.4 Å². The summed E-state index contributed by atoms with van der Waals surface area (Å²) in [6.45, 7) is 3.94. The van der Waals surface area contributed by atoms with Gasteiger partial charge in [0, 0.05) is 51.9 Å². The van der Waals surface area contributed by atoms with Gasteiger partial charge in [0.25, 0.3) is 5.91 Å². The maximum Gasteiger partial charge on any atom is 0.263 e. The van der Waals surface area contributed by atoms with E-state index in [4.69, 9.17) is 23.2 Å². The third-order valence-electron chi connectivity index (χ3n) is 6.51. The van der Waals surface area contributed by atoms with Gasteiger partial charge in [-0.1, -0.05) is 0 Å². The number of amides is 1. The van der Waals surface area contributed by atoms with E-state index in [0.717, 1.165) is 64.6 Å². The zero-order chi connectivity index (χ0) is 23.9. The Balaban J connectivity index is 1.45. The number of alkyl halides is 2. The second-order valence-corrected chi connectivity index (χ2v) is 11.9. The minimum Gasteiger partial charge on any atom is -0.368 e. The van der Waals surface area contributed by atoms with E-state index in [1.807, 2.05) is 24.5 Å². The van der Waals surface area contributed by atoms with E-state index in [2.05, 4.69) is 31.6 Å². The van der Waals surface area contributed by atoms with Crippen LogP contribution in [0.25, 0.3) is 10.1 Å². The Hall–Kier alpha value is -2.13. The lowest BCUT2D eigenvalue weighted by molar-refractivity contribution is 0.0831. The summed E-state index contributed by atoms with van der Waals surface area (Å²) in [6.07, 6.45) is 5.93. The number of hydrogen-bond acceptors (Lipinski definition) is 7. The van der Waals surface area contributed by atoms with Gasteiger partial charge in [-0.15, -0.1) is 34.5 Å². The van der Waals surface area contributed by atoms with Gasteiger partial charge >= 0.3 is 0 Å². The maximum atomic E-state index is 13.0. The predicted octanol–water partition coefficient (Wildman–Crippen LogP) is 4.99. The number of halogens is 2. The highest BCUT2D eigenvalue weighted by molar-refractivity contribution is 7.21. The largest absolute Gasteiger partial charge is 0.368 e. The lowest BCUT2D eigenvalue weighted by atomic mass is 9.94. The Morgan fingerprint density at radius 1 is 1.21 bits per heavy atom. The van der Waals surface area contributed by atoms with Crippen LogP contribution in [0.3, 0.4) is 0 Å². The third kappa shape index (κ3) is 4.82. The molecule has 0 bridgehead atoms. The molecule has 1 atom stereocenters. The van der Waals surface area contributed by atoms with Gasteiger partial charge in [-0.2, -0.15) is 0 Å². The van der Waals surface area contributed by atoms with E-state index < -0.39 is 4.33 Å². The lowest BCUT2D eigenvalue weighted by Gasteiger charge is -2.29. The highest BCUT2D eigenvalue weighted by Gasteiger charge is 2.39. The van der Waals surface area contributed by atoms with Crippen LogP contribution >= 0.6 is 34.5 Å². The molecule has 3 aromatic rings. The van der Waals surface area contributed by atoms with Gasteiger partial charge in [-0.05, 0) is 48.9 Å². The van der Waals surface area contributed by atoms with Crippen LogP contribution in [0.2, 0.25) is 0 Å². The smallest absolute Gasteiger partial charge is 0.263 e. The van der Waals surface area contributed by atoms with Crippen LogP contribution in [0.1, 0.15) is 40.4 Å². The molecule has 5 rings (SSSR count). The Bertz CT molecular complexity index is 1190. The highest BCUT2D eigenvalue weighted by atomic mass is 35.5. The predicted molar refractivity (Wildman–Crippen MR) is 141 cm³/mol. The van der Waals surface area contributed by atoms with Crippen molar-refractivity contribution in [1.82, 2.24) is 20.2 Å². The first-order chi connectivity index (χ1) is 16.3. The first-order valence-electron chi connectivity index (χ1n) is 11.5. The van der Waals surface area contributed by atoms with Crippen molar-refractivity contribution in [2.45, 2.75) is 29.5 Å². The molecule has 1 amide bonds. The number of piperazine rings is 1. The van der Waals surface area contributed by atoms with E-state index in [1.54, 1.807) is 19.0 Å². The van der Waals surface area contributed by atoms with Crippen LogP contribution in [-0.2, 0) is 0 Å². The quantitative estimate of drug-likeness (QED) is 0.463. The van der Waals surface area contributed by atoms with Crippen LogP contribution in [0.5, 0.6) is 0 Å². The second kappa shape index (κ2) is 9.49. The third-order valence-corrected chi connectivity index (χ3v) is 8.34. The van der Waals surface area contributed by atoms with Crippen LogP contribution in [0.4, 0.5) is 17.3 Å². The van der Waals surface area contributed by atoms with E-state index in [-0.39, 0.29) is 11.8 Å². The second-order valence-electron chi connectivity index (χ2n) is 9.17. The summed E-state index contributed by atoms with van der Waals surface area (Å²) in [6, 6.07) is 6.08. The number of aromatic nitrogens is 2. The standard InChI is InChI=1S/C24H28Cl2N6OS/c1-31(2)23(33)22-21(15-5-6-24(25,26)12-15)17-11-20(29-14-18(17)34-22)30-19-4-3-16(13-28-19)32-9-7-27-8-10-32/h3-4,11,13-15,27H,5-10,12H2,1-2H3,(H,28,29,30). The number of hydrogen-bond donors (Lipinski definition) is 2. The molecule has 3 aromatic heterocycles. The molecule has 0 radical (unpaired) electrons. The van der Waals surface area contributed by atoms with Gasteiger partial charge in [0.05, 0.1) is 21.5 Å². The fraction of sp³-hybridized carbons (Fsp3) is 0.458. The van der Waals surface area contributed by atoms with Crippen LogP contribution in [0, 0.1) is 0 Å². The SMILES string of the molecule is CN(C)C(=O)c1sc2cnc(Nc3ccc(N4CCNCC4)cn3)cc2c1C1CCC(Cl)(Cl)C1. The molecule has 1 saturated heterocycles. The zero-order valence-electron chi connectivity index (χ0n) is 19.3. The van der Waals surface area contributed by atoms with E-state index >= 15 is 0 Å². The average molecular weight is 520 g/mol. The molecule has 2 fully saturated rings. The number of thiophene rings is 1. The monoisotopic (exact) mass is 518 g/mol. The summed E-state index contributed by atoms with van der Waals surface area (Å²) in [5.41, 5.74) is 2.16. The molecular weight excluding hydrogens is 491 g/mol. The number of nitrogens with zero attached hydrogens (tertiary/aromatic N) is 4. The normalized spacial score (nSPS) is 20.0. The molecule has 34 heavy (non-hydrogen) atoms. The van der Waals surface area contributed by atoms with Crippen LogP contribution in [-0.4, -0.2) is 65.4 Å². The molecule has 1 aliphatic carbocycles. The molecule has 2 aliphatic rings. The molecule has 0 spiro atoms. The highest BCUT2D eigenvalue weighted by Crippen LogP contribution is 2.51. The van der Waals surface area contributed by atoms with Gasteiger partial charge in [-0.3, -0.25) is 4.79 Å². The average Bonchev–Trinajstić information content (AvgIpc) is 3.38. The number of pyridine rings is 2. The molecule has 1 unspecified atom stereocenters. The molecular formula is C24H28Cl2N6OS. The zero-order valence-corrected chi connectivity index (χ0v) is 21.6. The fourth-order valence-electron chi connectivity index (χ4n) is 4.76. The molecule has 4 heterocycles. The molecule has 2 N–H and O–H groups in total. The number of fused-ring (bicyclic) bond motifs is 1. The van der Waals surface area contributed by atoms with Crippen molar-refractivity contribution in [1.29, 1.82) is 0 Å². The lowest BCUT2D eigenvalue weighted by Crippen LogP contribution is -2.43. The van der Waals surface area contributed by atoms with E-state index in [0.29, 0.717) is 18.7 Å². The first kappa shape index (κ1) is 23.6. The summed E-state index contributed by atoms with van der Waals surface area (Å²) >= 11 is 14.4. The number of rotatable bonds is 5. The minimum absolute atomic E-state index is 0.00229. The molecule has 10 heteroatoms. The van der Waals surface area contributed by atoms with Crippen molar-refractivity contribution in [3.63, 3.8) is 0 Å². The molecule has 1 aliphatic heterocycles. The summed E-state index contributed by atoms with van der Waals surface area (Å²) < 4.78 is 0.232. The van der Waals surface area contributed by atoms with Crippen molar-refractivity contribution in [2.75, 3.05) is 50.5 Å². The van der Waals surface area contributed by atoms with Crippen molar-refractivity contribution in [3.8, 4) is 0 Å². The minimum atomic E-state index is -0.748. The van der Waals surface area contributed by atoms with Crippen molar-refractivity contribution in [3.05, 3.63) is 41.0 Å². The Morgan fingerprint density at radius 2 is 1.97 bits per heavy atom. The summed E-state index contributed by atoms with van der Waals surface area (Å²) in [4.78, 5) is 26.9. The van der Waals surface area contributed by atoms with Gasteiger partial charge in [0.1, 0.15) is 16.0 Å². The summed E-state index contributed by atoms with van der Waals surface area (Å²) in [5.74, 6) is 1.55. The number of carbonyl (C=O) groups is 1. The Kier molecular flexibility index (Phi) is 6.59. The number of carbonyl (C=O) groups excluding carboxylic acids is 1. The van der Waals surface area contributed by atoms with Crippen molar-refractivity contribution < 1.29 is 4.79 Å². The van der Waals surface area contributed by atoms with Gasteiger partial charge < -0.3 is 20.4 Å². The van der Waals surface area contributed by atoms with E-state index in [1.165, 1.54) is 11.3 Å². The van der Waals surface area contributed by atoms with Crippen LogP contribution < -0.4 is 15.5 Å². The molecule has 0 aromatic carbocycles. The Labute approximate surface area is 213 Å². The summed E-state index contributed by atoms with van der Waals surface area (Å²) in [7, 11) is 3.55. The van der Waals surface area contributed by atoms with Gasteiger partial charge in [-0.25, -0.2) is 9.97 Å². The number of anilines is 3. The first-order valence-corrected chi connectivity index (χ1v) is 13.1. The van der Waals surface area contributed by atoms with Crippen molar-refractivity contribution in [2.24, 2.45) is 0 Å². The van der Waals surface area contributed by atoms with Gasteiger partial charge in [0.2, 0.25) is 0 Å². The van der Waals surface area contributed by atoms with Crippen molar-refractivity contribution >= 4 is 67.9 Å². The van der Waals surface area contributed by atoms with E-state index in [9.17, 15) is 4.79 Å².